The van der Waals surface area contributed by atoms with Crippen LogP contribution in [0.15, 0.2) is 24.3 Å². The van der Waals surface area contributed by atoms with Gasteiger partial charge < -0.3 is 5.73 Å². The Bertz CT molecular complexity index is 463. The molecule has 118 valence electrons. The molecule has 1 aromatic rings. The van der Waals surface area contributed by atoms with Gasteiger partial charge in [0, 0.05) is 23.7 Å². The van der Waals surface area contributed by atoms with Gasteiger partial charge in [-0.05, 0) is 55.3 Å². The monoisotopic (exact) mass is 308 g/mol. The predicted molar refractivity (Wildman–Crippen MR) is 91.8 cm³/mol. The Balaban J connectivity index is 2.09. The summed E-state index contributed by atoms with van der Waals surface area (Å²) in [6.45, 7) is 12.3. The van der Waals surface area contributed by atoms with Crippen LogP contribution in [0.2, 0.25) is 5.02 Å². The van der Waals surface area contributed by atoms with E-state index in [2.05, 4.69) is 44.7 Å². The van der Waals surface area contributed by atoms with Crippen LogP contribution in [-0.2, 0) is 6.42 Å². The molecule has 2 rings (SSSR count). The Morgan fingerprint density at radius 3 is 2.29 bits per heavy atom. The molecule has 2 N–H and O–H groups in total. The summed E-state index contributed by atoms with van der Waals surface area (Å²) in [5.74, 6) is 0.758. The fourth-order valence-corrected chi connectivity index (χ4v) is 3.44. The molecule has 0 radical (unpaired) electrons. The first-order valence-electron chi connectivity index (χ1n) is 7.94. The molecular formula is C18H29ClN2. The lowest BCUT2D eigenvalue weighted by Gasteiger charge is -2.39. The molecule has 1 aliphatic heterocycles. The predicted octanol–water partition coefficient (Wildman–Crippen LogP) is 3.97. The summed E-state index contributed by atoms with van der Waals surface area (Å²) in [5, 5.41) is 0.794. The van der Waals surface area contributed by atoms with Crippen molar-refractivity contribution in [2.45, 2.75) is 46.1 Å². The summed E-state index contributed by atoms with van der Waals surface area (Å²) in [5.41, 5.74) is 7.88. The van der Waals surface area contributed by atoms with E-state index in [0.29, 0.717) is 12.0 Å². The van der Waals surface area contributed by atoms with E-state index in [1.54, 1.807) is 0 Å². The lowest BCUT2D eigenvalue weighted by molar-refractivity contribution is 0.123. The minimum atomic E-state index is 0.0355. The molecule has 21 heavy (non-hydrogen) atoms. The van der Waals surface area contributed by atoms with Gasteiger partial charge in [-0.3, -0.25) is 4.90 Å². The van der Waals surface area contributed by atoms with Gasteiger partial charge in [-0.15, -0.1) is 0 Å². The summed E-state index contributed by atoms with van der Waals surface area (Å²) < 4.78 is 0. The molecule has 1 aliphatic rings. The van der Waals surface area contributed by atoms with Gasteiger partial charge in [0.2, 0.25) is 0 Å². The van der Waals surface area contributed by atoms with Crippen molar-refractivity contribution in [1.82, 2.24) is 4.90 Å². The molecule has 0 saturated carbocycles. The third-order valence-corrected chi connectivity index (χ3v) is 5.37. The largest absolute Gasteiger partial charge is 0.329 e. The molecule has 1 saturated heterocycles. The number of nitrogens with two attached hydrogens (primary N) is 1. The third kappa shape index (κ3) is 4.00. The highest BCUT2D eigenvalue weighted by Gasteiger charge is 2.39. The molecule has 0 amide bonds. The van der Waals surface area contributed by atoms with E-state index >= 15 is 0 Å². The smallest absolute Gasteiger partial charge is 0.0406 e. The Hall–Kier alpha value is -0.570. The maximum Gasteiger partial charge on any atom is 0.0406 e. The first-order chi connectivity index (χ1) is 9.74. The summed E-state index contributed by atoms with van der Waals surface area (Å²) in [6.07, 6.45) is 2.26. The van der Waals surface area contributed by atoms with Crippen molar-refractivity contribution in [1.29, 1.82) is 0 Å². The minimum Gasteiger partial charge on any atom is -0.329 e. The van der Waals surface area contributed by atoms with Gasteiger partial charge in [0.15, 0.2) is 0 Å². The number of halogens is 1. The Kier molecular flexibility index (Phi) is 5.02. The summed E-state index contributed by atoms with van der Waals surface area (Å²) in [6, 6.07) is 8.17. The quantitative estimate of drug-likeness (QED) is 0.912. The van der Waals surface area contributed by atoms with Gasteiger partial charge in [-0.2, -0.15) is 0 Å². The Morgan fingerprint density at radius 2 is 1.81 bits per heavy atom. The zero-order chi connectivity index (χ0) is 15.7. The van der Waals surface area contributed by atoms with Crippen molar-refractivity contribution in [3.8, 4) is 0 Å². The van der Waals surface area contributed by atoms with Crippen LogP contribution >= 0.6 is 11.6 Å². The standard InChI is InChI=1S/C18H29ClN2/c1-17(2,3)15-9-10-21(12-15)18(4,13-20)11-14-5-7-16(19)8-6-14/h5-8,15H,9-13,20H2,1-4H3. The molecule has 1 fully saturated rings. The fourth-order valence-electron chi connectivity index (χ4n) is 3.31. The van der Waals surface area contributed by atoms with Crippen LogP contribution in [0.25, 0.3) is 0 Å². The highest BCUT2D eigenvalue weighted by Crippen LogP contribution is 2.37. The molecular weight excluding hydrogens is 280 g/mol. The SMILES string of the molecule is CC(C)(C)C1CCN(C(C)(CN)Cc2ccc(Cl)cc2)C1. The molecule has 0 aromatic heterocycles. The second kappa shape index (κ2) is 6.28. The van der Waals surface area contributed by atoms with Gasteiger partial charge >= 0.3 is 0 Å². The van der Waals surface area contributed by atoms with E-state index in [1.807, 2.05) is 12.1 Å². The number of hydrogen-bond acceptors (Lipinski definition) is 2. The van der Waals surface area contributed by atoms with Crippen molar-refractivity contribution in [2.75, 3.05) is 19.6 Å². The van der Waals surface area contributed by atoms with E-state index < -0.39 is 0 Å². The lowest BCUT2D eigenvalue weighted by atomic mass is 9.80. The van der Waals surface area contributed by atoms with Crippen molar-refractivity contribution >= 4 is 11.6 Å². The highest BCUT2D eigenvalue weighted by molar-refractivity contribution is 6.30. The van der Waals surface area contributed by atoms with E-state index in [9.17, 15) is 0 Å². The average Bonchev–Trinajstić information content (AvgIpc) is 2.91. The molecule has 2 atom stereocenters. The topological polar surface area (TPSA) is 29.3 Å². The Morgan fingerprint density at radius 1 is 1.19 bits per heavy atom. The van der Waals surface area contributed by atoms with Crippen molar-refractivity contribution in [3.63, 3.8) is 0 Å². The first kappa shape index (κ1) is 16.8. The average molecular weight is 309 g/mol. The van der Waals surface area contributed by atoms with Gasteiger partial charge in [0.05, 0.1) is 0 Å². The van der Waals surface area contributed by atoms with E-state index in [0.717, 1.165) is 30.5 Å². The summed E-state index contributed by atoms with van der Waals surface area (Å²) in [4.78, 5) is 2.59. The molecule has 1 heterocycles. The summed E-state index contributed by atoms with van der Waals surface area (Å²) in [7, 11) is 0. The Labute approximate surface area is 134 Å². The number of hydrogen-bond donors (Lipinski definition) is 1. The number of rotatable bonds is 4. The molecule has 2 unspecified atom stereocenters. The van der Waals surface area contributed by atoms with Crippen LogP contribution in [0.4, 0.5) is 0 Å². The zero-order valence-electron chi connectivity index (χ0n) is 13.8. The number of benzene rings is 1. The molecule has 0 aliphatic carbocycles. The molecule has 2 nitrogen and oxygen atoms in total. The second-order valence-electron chi connectivity index (χ2n) is 7.80. The molecule has 3 heteroatoms. The molecule has 0 spiro atoms. The van der Waals surface area contributed by atoms with Gasteiger partial charge in [-0.1, -0.05) is 44.5 Å². The van der Waals surface area contributed by atoms with Crippen LogP contribution in [-0.4, -0.2) is 30.1 Å². The summed E-state index contributed by atoms with van der Waals surface area (Å²) >= 11 is 5.98. The van der Waals surface area contributed by atoms with Crippen LogP contribution in [0, 0.1) is 11.3 Å². The van der Waals surface area contributed by atoms with Crippen LogP contribution in [0.5, 0.6) is 0 Å². The van der Waals surface area contributed by atoms with Crippen LogP contribution < -0.4 is 5.73 Å². The fraction of sp³-hybridized carbons (Fsp3) is 0.667. The van der Waals surface area contributed by atoms with Gasteiger partial charge in [-0.25, -0.2) is 0 Å². The molecule has 0 bridgehead atoms. The minimum absolute atomic E-state index is 0.0355. The lowest BCUT2D eigenvalue weighted by Crippen LogP contribution is -2.52. The number of likely N-dealkylation sites (tertiary alicyclic amines) is 1. The van der Waals surface area contributed by atoms with E-state index in [1.165, 1.54) is 12.0 Å². The maximum atomic E-state index is 6.15. The second-order valence-corrected chi connectivity index (χ2v) is 8.24. The number of nitrogens with zero attached hydrogens (tertiary/aromatic N) is 1. The zero-order valence-corrected chi connectivity index (χ0v) is 14.6. The van der Waals surface area contributed by atoms with E-state index in [-0.39, 0.29) is 5.54 Å². The van der Waals surface area contributed by atoms with Crippen molar-refractivity contribution in [2.24, 2.45) is 17.1 Å². The normalized spacial score (nSPS) is 23.2. The van der Waals surface area contributed by atoms with Gasteiger partial charge in [0.1, 0.15) is 0 Å². The molecule has 1 aromatic carbocycles. The van der Waals surface area contributed by atoms with Crippen LogP contribution in [0.1, 0.15) is 39.7 Å². The van der Waals surface area contributed by atoms with Gasteiger partial charge in [0.25, 0.3) is 0 Å². The van der Waals surface area contributed by atoms with E-state index in [4.69, 9.17) is 17.3 Å². The third-order valence-electron chi connectivity index (χ3n) is 5.11. The van der Waals surface area contributed by atoms with Crippen molar-refractivity contribution < 1.29 is 0 Å². The van der Waals surface area contributed by atoms with Crippen LogP contribution in [0.3, 0.4) is 0 Å². The van der Waals surface area contributed by atoms with Crippen molar-refractivity contribution in [3.05, 3.63) is 34.9 Å². The first-order valence-corrected chi connectivity index (χ1v) is 8.32. The maximum absolute atomic E-state index is 6.15. The highest BCUT2D eigenvalue weighted by atomic mass is 35.5.